The van der Waals surface area contributed by atoms with Gasteiger partial charge < -0.3 is 0 Å². The van der Waals surface area contributed by atoms with E-state index < -0.39 is 0 Å². The molecule has 0 fully saturated rings. The molecule has 1 aromatic carbocycles. The van der Waals surface area contributed by atoms with Gasteiger partial charge in [-0.25, -0.2) is 0 Å². The van der Waals surface area contributed by atoms with Gasteiger partial charge in [-0.2, -0.15) is 0 Å². The number of Topliss-reactive ketones (excluding diaryl/α,β-unsaturated/α-hetero) is 1. The molecule has 13 heavy (non-hydrogen) atoms. The second-order valence-corrected chi connectivity index (χ2v) is 3.64. The van der Waals surface area contributed by atoms with E-state index in [0.29, 0.717) is 6.42 Å². The molecular weight excluding hydrogens is 228 g/mol. The number of carbonyl (C=O) groups excluding carboxylic acids is 1. The second kappa shape index (κ2) is 4.84. The number of carbonyl (C=O) groups is 1. The molecular formula is C11H9BrO. The van der Waals surface area contributed by atoms with Crippen molar-refractivity contribution in [2.45, 2.75) is 12.8 Å². The van der Waals surface area contributed by atoms with Gasteiger partial charge in [-0.3, -0.25) is 4.79 Å². The van der Waals surface area contributed by atoms with Crippen LogP contribution in [0.4, 0.5) is 0 Å². The Morgan fingerprint density at radius 3 is 2.54 bits per heavy atom. The van der Waals surface area contributed by atoms with E-state index in [1.807, 2.05) is 24.3 Å². The van der Waals surface area contributed by atoms with E-state index in [2.05, 4.69) is 21.9 Å². The maximum atomic E-state index is 11.1. The van der Waals surface area contributed by atoms with Crippen molar-refractivity contribution in [2.75, 3.05) is 0 Å². The quantitative estimate of drug-likeness (QED) is 0.738. The molecule has 0 radical (unpaired) electrons. The molecule has 1 rings (SSSR count). The van der Waals surface area contributed by atoms with Gasteiger partial charge in [0.25, 0.3) is 0 Å². The van der Waals surface area contributed by atoms with E-state index >= 15 is 0 Å². The zero-order chi connectivity index (χ0) is 9.68. The number of benzene rings is 1. The van der Waals surface area contributed by atoms with Gasteiger partial charge in [-0.05, 0) is 17.7 Å². The molecule has 0 saturated heterocycles. The highest BCUT2D eigenvalue weighted by molar-refractivity contribution is 9.10. The third kappa shape index (κ3) is 3.43. The minimum Gasteiger partial charge on any atom is -0.298 e. The average molecular weight is 237 g/mol. The van der Waals surface area contributed by atoms with Crippen molar-refractivity contribution >= 4 is 21.7 Å². The van der Waals surface area contributed by atoms with Crippen LogP contribution in [0.25, 0.3) is 0 Å². The lowest BCUT2D eigenvalue weighted by molar-refractivity contribution is -0.117. The lowest BCUT2D eigenvalue weighted by atomic mass is 10.1. The van der Waals surface area contributed by atoms with Crippen LogP contribution in [0.1, 0.15) is 12.0 Å². The van der Waals surface area contributed by atoms with Gasteiger partial charge in [0.15, 0.2) is 0 Å². The lowest BCUT2D eigenvalue weighted by Crippen LogP contribution is -2.00. The molecule has 0 aliphatic heterocycles. The van der Waals surface area contributed by atoms with E-state index in [4.69, 9.17) is 6.42 Å². The summed E-state index contributed by atoms with van der Waals surface area (Å²) in [6.07, 6.45) is 5.68. The SMILES string of the molecule is C#CCC(=O)Cc1ccc(Br)cc1. The summed E-state index contributed by atoms with van der Waals surface area (Å²) >= 11 is 3.33. The number of ketones is 1. The number of halogens is 1. The summed E-state index contributed by atoms with van der Waals surface area (Å²) in [4.78, 5) is 11.1. The Morgan fingerprint density at radius 1 is 1.38 bits per heavy atom. The Bertz CT molecular complexity index is 332. The Balaban J connectivity index is 2.60. The molecule has 0 bridgehead atoms. The highest BCUT2D eigenvalue weighted by atomic mass is 79.9. The monoisotopic (exact) mass is 236 g/mol. The Kier molecular flexibility index (Phi) is 3.72. The van der Waals surface area contributed by atoms with E-state index in [-0.39, 0.29) is 12.2 Å². The first kappa shape index (κ1) is 10.0. The molecule has 0 N–H and O–H groups in total. The van der Waals surface area contributed by atoms with Crippen molar-refractivity contribution < 1.29 is 4.79 Å². The standard InChI is InChI=1S/C11H9BrO/c1-2-3-11(13)8-9-4-6-10(12)7-5-9/h1,4-7H,3,8H2. The second-order valence-electron chi connectivity index (χ2n) is 2.72. The predicted octanol–water partition coefficient (Wildman–Crippen LogP) is 2.58. The Morgan fingerprint density at radius 2 is 2.00 bits per heavy atom. The average Bonchev–Trinajstić information content (AvgIpc) is 2.09. The van der Waals surface area contributed by atoms with Crippen LogP contribution < -0.4 is 0 Å². The largest absolute Gasteiger partial charge is 0.298 e. The van der Waals surface area contributed by atoms with E-state index in [1.165, 1.54) is 0 Å². The fourth-order valence-electron chi connectivity index (χ4n) is 1.01. The topological polar surface area (TPSA) is 17.1 Å². The number of hydrogen-bond donors (Lipinski definition) is 0. The summed E-state index contributed by atoms with van der Waals surface area (Å²) in [6, 6.07) is 7.66. The van der Waals surface area contributed by atoms with Gasteiger partial charge in [-0.15, -0.1) is 6.42 Å². The smallest absolute Gasteiger partial charge is 0.149 e. The molecule has 0 aromatic heterocycles. The van der Waals surface area contributed by atoms with Crippen LogP contribution in [0.2, 0.25) is 0 Å². The van der Waals surface area contributed by atoms with Crippen LogP contribution in [0.5, 0.6) is 0 Å². The Labute approximate surface area is 86.3 Å². The van der Waals surface area contributed by atoms with Crippen molar-refractivity contribution in [2.24, 2.45) is 0 Å². The first-order valence-corrected chi connectivity index (χ1v) is 4.71. The molecule has 2 heteroatoms. The first-order chi connectivity index (χ1) is 6.22. The van der Waals surface area contributed by atoms with Crippen molar-refractivity contribution in [1.29, 1.82) is 0 Å². The summed E-state index contributed by atoms with van der Waals surface area (Å²) in [7, 11) is 0. The maximum Gasteiger partial charge on any atom is 0.149 e. The molecule has 0 atom stereocenters. The molecule has 0 spiro atoms. The first-order valence-electron chi connectivity index (χ1n) is 3.92. The minimum absolute atomic E-state index is 0.0878. The normalized spacial score (nSPS) is 9.23. The summed E-state index contributed by atoms with van der Waals surface area (Å²) < 4.78 is 1.01. The van der Waals surface area contributed by atoms with Crippen molar-refractivity contribution in [3.05, 3.63) is 34.3 Å². The molecule has 66 valence electrons. The number of rotatable bonds is 3. The molecule has 0 saturated carbocycles. The molecule has 0 amide bonds. The molecule has 1 nitrogen and oxygen atoms in total. The van der Waals surface area contributed by atoms with Crippen LogP contribution in [0.15, 0.2) is 28.7 Å². The summed E-state index contributed by atoms with van der Waals surface area (Å²) in [5.74, 6) is 2.43. The van der Waals surface area contributed by atoms with Crippen LogP contribution in [0.3, 0.4) is 0 Å². The van der Waals surface area contributed by atoms with Crippen LogP contribution in [-0.2, 0) is 11.2 Å². The van der Waals surface area contributed by atoms with Gasteiger partial charge in [-0.1, -0.05) is 34.0 Å². The number of terminal acetylenes is 1. The lowest BCUT2D eigenvalue weighted by Gasteiger charge is -1.98. The van der Waals surface area contributed by atoms with Crippen molar-refractivity contribution in [1.82, 2.24) is 0 Å². The van der Waals surface area contributed by atoms with Crippen molar-refractivity contribution in [3.8, 4) is 12.3 Å². The van der Waals surface area contributed by atoms with Crippen LogP contribution in [0, 0.1) is 12.3 Å². The van der Waals surface area contributed by atoms with Crippen LogP contribution >= 0.6 is 15.9 Å². The van der Waals surface area contributed by atoms with E-state index in [0.717, 1.165) is 10.0 Å². The van der Waals surface area contributed by atoms with Gasteiger partial charge in [0.2, 0.25) is 0 Å². The van der Waals surface area contributed by atoms with Crippen LogP contribution in [-0.4, -0.2) is 5.78 Å². The highest BCUT2D eigenvalue weighted by Crippen LogP contribution is 2.11. The molecule has 0 aliphatic rings. The molecule has 0 aliphatic carbocycles. The third-order valence-corrected chi connectivity index (χ3v) is 2.14. The zero-order valence-electron chi connectivity index (χ0n) is 7.09. The fourth-order valence-corrected chi connectivity index (χ4v) is 1.27. The van der Waals surface area contributed by atoms with Gasteiger partial charge in [0.05, 0.1) is 6.42 Å². The summed E-state index contributed by atoms with van der Waals surface area (Å²) in [5, 5.41) is 0. The number of hydrogen-bond acceptors (Lipinski definition) is 1. The van der Waals surface area contributed by atoms with Gasteiger partial charge in [0, 0.05) is 10.9 Å². The third-order valence-electron chi connectivity index (χ3n) is 1.61. The minimum atomic E-state index is 0.0878. The fraction of sp³-hybridized carbons (Fsp3) is 0.182. The maximum absolute atomic E-state index is 11.1. The molecule has 0 unspecified atom stereocenters. The van der Waals surface area contributed by atoms with E-state index in [9.17, 15) is 4.79 Å². The highest BCUT2D eigenvalue weighted by Gasteiger charge is 2.00. The van der Waals surface area contributed by atoms with Gasteiger partial charge >= 0.3 is 0 Å². The van der Waals surface area contributed by atoms with E-state index in [1.54, 1.807) is 0 Å². The summed E-state index contributed by atoms with van der Waals surface area (Å²) in [6.45, 7) is 0. The summed E-state index contributed by atoms with van der Waals surface area (Å²) in [5.41, 5.74) is 1.00. The molecule has 1 aromatic rings. The zero-order valence-corrected chi connectivity index (χ0v) is 8.67. The molecule has 0 heterocycles. The predicted molar refractivity (Wildman–Crippen MR) is 56.3 cm³/mol. The Hall–Kier alpha value is -1.07. The van der Waals surface area contributed by atoms with Crippen molar-refractivity contribution in [3.63, 3.8) is 0 Å². The van der Waals surface area contributed by atoms with Gasteiger partial charge in [0.1, 0.15) is 5.78 Å².